The molecule has 0 aliphatic heterocycles. The van der Waals surface area contributed by atoms with Crippen LogP contribution < -0.4 is 14.4 Å². The van der Waals surface area contributed by atoms with Gasteiger partial charge in [0.1, 0.15) is 12.3 Å². The average molecular weight is 575 g/mol. The minimum atomic E-state index is -4.72. The number of nitrogens with one attached hydrogen (secondary N) is 1. The van der Waals surface area contributed by atoms with Crippen molar-refractivity contribution in [1.82, 2.24) is 0 Å². The molecule has 0 atom stereocenters. The van der Waals surface area contributed by atoms with E-state index >= 15 is 0 Å². The monoisotopic (exact) mass is 574 g/mol. The van der Waals surface area contributed by atoms with E-state index in [4.69, 9.17) is 16.3 Å². The quantitative estimate of drug-likeness (QED) is 0.240. The molecule has 0 unspecified atom stereocenters. The first-order chi connectivity index (χ1) is 18.4. The third kappa shape index (κ3) is 6.90. The van der Waals surface area contributed by atoms with Crippen LogP contribution in [-0.4, -0.2) is 20.9 Å². The molecule has 0 aromatic heterocycles. The van der Waals surface area contributed by atoms with Crippen molar-refractivity contribution < 1.29 is 31.1 Å². The molecule has 0 aliphatic rings. The molecule has 0 heterocycles. The zero-order valence-corrected chi connectivity index (χ0v) is 22.0. The molecule has 1 amide bonds. The highest BCUT2D eigenvalue weighted by atomic mass is 35.5. The number of halogens is 4. The maximum atomic E-state index is 13.6. The molecule has 0 bridgehead atoms. The Balaban J connectivity index is 1.69. The standard InChI is InChI=1S/C28H22ClF3N2O4S/c1-19-10-13-24(14-11-19)39(36,37)34(22-7-5-6-20(16-22)28(30,31)32)18-27(35)33-25-17-21(29)12-15-26(25)38-23-8-3-2-4-9-23/h2-17H,18H2,1H3,(H,33,35). The van der Waals surface area contributed by atoms with Crippen molar-refractivity contribution in [1.29, 1.82) is 0 Å². The molecule has 0 saturated carbocycles. The van der Waals surface area contributed by atoms with Gasteiger partial charge in [0.15, 0.2) is 5.75 Å². The Morgan fingerprint density at radius 2 is 1.62 bits per heavy atom. The molecule has 0 saturated heterocycles. The predicted octanol–water partition coefficient (Wildman–Crippen LogP) is 7.29. The summed E-state index contributed by atoms with van der Waals surface area (Å²) >= 11 is 6.11. The van der Waals surface area contributed by atoms with Gasteiger partial charge in [-0.05, 0) is 67.6 Å². The molecular formula is C28H22ClF3N2O4S. The van der Waals surface area contributed by atoms with Gasteiger partial charge in [-0.15, -0.1) is 0 Å². The number of rotatable bonds is 8. The number of aryl methyl sites for hydroxylation is 1. The molecule has 4 rings (SSSR count). The number of anilines is 2. The SMILES string of the molecule is Cc1ccc(S(=O)(=O)N(CC(=O)Nc2cc(Cl)ccc2Oc2ccccc2)c2cccc(C(F)(F)F)c2)cc1. The summed E-state index contributed by atoms with van der Waals surface area (Å²) in [6.07, 6.45) is -4.72. The molecule has 11 heteroatoms. The summed E-state index contributed by atoms with van der Waals surface area (Å²) in [5.74, 6) is -0.128. The highest BCUT2D eigenvalue weighted by molar-refractivity contribution is 7.92. The zero-order chi connectivity index (χ0) is 28.2. The minimum Gasteiger partial charge on any atom is -0.455 e. The first kappa shape index (κ1) is 28.0. The number of amides is 1. The molecule has 1 N–H and O–H groups in total. The fourth-order valence-corrected chi connectivity index (χ4v) is 5.20. The third-order valence-electron chi connectivity index (χ3n) is 5.54. The van der Waals surface area contributed by atoms with Gasteiger partial charge in [0, 0.05) is 5.02 Å². The summed E-state index contributed by atoms with van der Waals surface area (Å²) in [7, 11) is -4.44. The number of sulfonamides is 1. The summed E-state index contributed by atoms with van der Waals surface area (Å²) in [6, 6.07) is 22.7. The lowest BCUT2D eigenvalue weighted by Crippen LogP contribution is -2.38. The number of hydrogen-bond acceptors (Lipinski definition) is 4. The van der Waals surface area contributed by atoms with Gasteiger partial charge in [-0.2, -0.15) is 13.2 Å². The summed E-state index contributed by atoms with van der Waals surface area (Å²) in [4.78, 5) is 13.0. The Kier molecular flexibility index (Phi) is 8.17. The van der Waals surface area contributed by atoms with E-state index in [-0.39, 0.29) is 27.0 Å². The second kappa shape index (κ2) is 11.4. The highest BCUT2D eigenvalue weighted by Crippen LogP contribution is 2.34. The molecule has 0 fully saturated rings. The van der Waals surface area contributed by atoms with Crippen LogP contribution in [0.5, 0.6) is 11.5 Å². The second-order valence-electron chi connectivity index (χ2n) is 8.48. The molecule has 0 spiro atoms. The van der Waals surface area contributed by atoms with Gasteiger partial charge in [0.25, 0.3) is 10.0 Å². The van der Waals surface area contributed by atoms with E-state index in [1.165, 1.54) is 30.3 Å². The lowest BCUT2D eigenvalue weighted by molar-refractivity contribution is -0.137. The van der Waals surface area contributed by atoms with E-state index in [2.05, 4.69) is 5.32 Å². The smallest absolute Gasteiger partial charge is 0.416 e. The van der Waals surface area contributed by atoms with E-state index in [9.17, 15) is 26.4 Å². The summed E-state index contributed by atoms with van der Waals surface area (Å²) in [5, 5.41) is 2.84. The van der Waals surface area contributed by atoms with Gasteiger partial charge in [-0.25, -0.2) is 8.42 Å². The topological polar surface area (TPSA) is 75.7 Å². The van der Waals surface area contributed by atoms with Crippen LogP contribution in [0.1, 0.15) is 11.1 Å². The average Bonchev–Trinajstić information content (AvgIpc) is 2.89. The third-order valence-corrected chi connectivity index (χ3v) is 7.57. The molecule has 202 valence electrons. The number of nitrogens with zero attached hydrogens (tertiary/aromatic N) is 1. The Hall–Kier alpha value is -4.02. The van der Waals surface area contributed by atoms with Crippen molar-refractivity contribution >= 4 is 38.9 Å². The molecule has 0 radical (unpaired) electrons. The summed E-state index contributed by atoms with van der Waals surface area (Å²) in [6.45, 7) is 0.934. The largest absolute Gasteiger partial charge is 0.455 e. The van der Waals surface area contributed by atoms with Crippen LogP contribution in [0.25, 0.3) is 0 Å². The number of hydrogen-bond donors (Lipinski definition) is 1. The maximum Gasteiger partial charge on any atom is 0.416 e. The molecule has 39 heavy (non-hydrogen) atoms. The van der Waals surface area contributed by atoms with Crippen molar-refractivity contribution in [3.63, 3.8) is 0 Å². The van der Waals surface area contributed by atoms with E-state index in [1.807, 2.05) is 0 Å². The van der Waals surface area contributed by atoms with E-state index in [0.29, 0.717) is 16.1 Å². The molecule has 0 aliphatic carbocycles. The van der Waals surface area contributed by atoms with Crippen molar-refractivity contribution in [2.45, 2.75) is 18.0 Å². The van der Waals surface area contributed by atoms with Crippen LogP contribution >= 0.6 is 11.6 Å². The predicted molar refractivity (Wildman–Crippen MR) is 144 cm³/mol. The van der Waals surface area contributed by atoms with Crippen LogP contribution in [0.4, 0.5) is 24.5 Å². The van der Waals surface area contributed by atoms with Gasteiger partial charge in [-0.1, -0.05) is 53.6 Å². The Bertz CT molecular complexity index is 1580. The van der Waals surface area contributed by atoms with E-state index in [0.717, 1.165) is 17.7 Å². The van der Waals surface area contributed by atoms with Crippen LogP contribution in [0.15, 0.2) is 102 Å². The Labute approximate surface area is 228 Å². The van der Waals surface area contributed by atoms with Crippen molar-refractivity contribution in [2.24, 2.45) is 0 Å². The lowest BCUT2D eigenvalue weighted by Gasteiger charge is -2.25. The molecule has 6 nitrogen and oxygen atoms in total. The Morgan fingerprint density at radius 3 is 2.28 bits per heavy atom. The number of carbonyl (C=O) groups is 1. The molecule has 4 aromatic carbocycles. The molecule has 4 aromatic rings. The second-order valence-corrected chi connectivity index (χ2v) is 10.8. The van der Waals surface area contributed by atoms with Crippen LogP contribution in [-0.2, 0) is 21.0 Å². The van der Waals surface area contributed by atoms with Gasteiger partial charge in [0.05, 0.1) is 21.8 Å². The zero-order valence-electron chi connectivity index (χ0n) is 20.4. The van der Waals surface area contributed by atoms with Gasteiger partial charge in [-0.3, -0.25) is 9.10 Å². The fourth-order valence-electron chi connectivity index (χ4n) is 3.61. The van der Waals surface area contributed by atoms with Crippen LogP contribution in [0, 0.1) is 6.92 Å². The summed E-state index contributed by atoms with van der Waals surface area (Å²) in [5.41, 5.74) is -0.456. The minimum absolute atomic E-state index is 0.146. The van der Waals surface area contributed by atoms with Crippen LogP contribution in [0.2, 0.25) is 5.02 Å². The lowest BCUT2D eigenvalue weighted by atomic mass is 10.2. The number of benzene rings is 4. The van der Waals surface area contributed by atoms with Gasteiger partial charge in [0.2, 0.25) is 5.91 Å². The Morgan fingerprint density at radius 1 is 0.923 bits per heavy atom. The molecular weight excluding hydrogens is 553 g/mol. The van der Waals surface area contributed by atoms with Crippen molar-refractivity contribution in [3.05, 3.63) is 113 Å². The van der Waals surface area contributed by atoms with E-state index < -0.39 is 34.2 Å². The van der Waals surface area contributed by atoms with E-state index in [1.54, 1.807) is 55.5 Å². The summed E-state index contributed by atoms with van der Waals surface area (Å²) < 4.78 is 73.9. The van der Waals surface area contributed by atoms with Crippen molar-refractivity contribution in [2.75, 3.05) is 16.2 Å². The first-order valence-electron chi connectivity index (χ1n) is 11.5. The van der Waals surface area contributed by atoms with Gasteiger partial charge >= 0.3 is 6.18 Å². The number of ether oxygens (including phenoxy) is 1. The number of alkyl halides is 3. The van der Waals surface area contributed by atoms with Crippen molar-refractivity contribution in [3.8, 4) is 11.5 Å². The van der Waals surface area contributed by atoms with Gasteiger partial charge < -0.3 is 10.1 Å². The fraction of sp³-hybridized carbons (Fsp3) is 0.107. The number of carbonyl (C=O) groups excluding carboxylic acids is 1. The van der Waals surface area contributed by atoms with Crippen LogP contribution in [0.3, 0.4) is 0 Å². The number of para-hydroxylation sites is 1. The maximum absolute atomic E-state index is 13.6. The normalized spacial score (nSPS) is 11.6. The highest BCUT2D eigenvalue weighted by Gasteiger charge is 2.33. The first-order valence-corrected chi connectivity index (χ1v) is 13.3.